The molecule has 1 heterocycles. The number of fused-ring (bicyclic) bond motifs is 1. The van der Waals surface area contributed by atoms with Gasteiger partial charge in [0.2, 0.25) is 10.0 Å². The minimum atomic E-state index is -3.77. The monoisotopic (exact) mass is 390 g/mol. The Hall–Kier alpha value is -2.25. The summed E-state index contributed by atoms with van der Waals surface area (Å²) < 4.78 is 35.4. The Balaban J connectivity index is 1.87. The average Bonchev–Trinajstić information content (AvgIpc) is 2.99. The van der Waals surface area contributed by atoms with Gasteiger partial charge in [0.05, 0.1) is 11.5 Å². The number of aryl methyl sites for hydroxylation is 1. The fraction of sp³-hybridized carbons (Fsp3) is 0.400. The van der Waals surface area contributed by atoms with Crippen LogP contribution >= 0.6 is 0 Å². The molecule has 2 aromatic rings. The summed E-state index contributed by atoms with van der Waals surface area (Å²) in [5.74, 6) is 1.70. The Morgan fingerprint density at radius 2 is 2.00 bits per heavy atom. The van der Waals surface area contributed by atoms with Gasteiger partial charge in [0.15, 0.2) is 0 Å². The van der Waals surface area contributed by atoms with Gasteiger partial charge in [0, 0.05) is 29.8 Å². The summed E-state index contributed by atoms with van der Waals surface area (Å²) in [7, 11) is -3.77. The minimum absolute atomic E-state index is 0.133. The van der Waals surface area contributed by atoms with Gasteiger partial charge in [-0.15, -0.1) is 0 Å². The normalized spacial score (nSPS) is 15.9. The molecule has 146 valence electrons. The third-order valence-electron chi connectivity index (χ3n) is 4.59. The first kappa shape index (κ1) is 19.5. The number of benzene rings is 2. The Morgan fingerprint density at radius 3 is 2.67 bits per heavy atom. The molecule has 1 aliphatic heterocycles. The average molecular weight is 391 g/mol. The zero-order valence-electron chi connectivity index (χ0n) is 15.9. The van der Waals surface area contributed by atoms with Gasteiger partial charge in [-0.25, -0.2) is 13.6 Å². The van der Waals surface area contributed by atoms with Crippen molar-refractivity contribution in [1.29, 1.82) is 0 Å². The third kappa shape index (κ3) is 4.36. The maximum atomic E-state index is 11.9. The van der Waals surface area contributed by atoms with E-state index in [9.17, 15) is 8.42 Å². The SMILES string of the molecule is CCOc1cc(CNc2ccc(CC)c(S(N)(=O)=O)c2)c2c(c1)CC(C)O2. The summed E-state index contributed by atoms with van der Waals surface area (Å²) in [6.45, 7) is 6.98. The Bertz CT molecular complexity index is 941. The quantitative estimate of drug-likeness (QED) is 0.757. The van der Waals surface area contributed by atoms with Crippen molar-refractivity contribution in [3.8, 4) is 11.5 Å². The standard InChI is InChI=1S/C20H26N2O4S/c1-4-14-6-7-17(11-19(14)27(21,23)24)22-12-16-10-18(25-5-2)9-15-8-13(3)26-20(15)16/h6-7,9-11,13,22H,4-5,8,12H2,1-3H3,(H2,21,23,24). The lowest BCUT2D eigenvalue weighted by molar-refractivity contribution is 0.252. The molecule has 0 aromatic heterocycles. The molecule has 6 nitrogen and oxygen atoms in total. The second-order valence-corrected chi connectivity index (χ2v) is 8.24. The smallest absolute Gasteiger partial charge is 0.238 e. The highest BCUT2D eigenvalue weighted by Gasteiger charge is 2.23. The number of primary sulfonamides is 1. The van der Waals surface area contributed by atoms with Crippen LogP contribution in [0.5, 0.6) is 11.5 Å². The number of hydrogen-bond donors (Lipinski definition) is 2. The van der Waals surface area contributed by atoms with E-state index in [0.717, 1.165) is 29.0 Å². The van der Waals surface area contributed by atoms with E-state index in [2.05, 4.69) is 5.32 Å². The molecule has 1 atom stereocenters. The molecule has 0 saturated heterocycles. The van der Waals surface area contributed by atoms with Gasteiger partial charge >= 0.3 is 0 Å². The highest BCUT2D eigenvalue weighted by molar-refractivity contribution is 7.89. The van der Waals surface area contributed by atoms with E-state index in [0.29, 0.717) is 30.8 Å². The molecular weight excluding hydrogens is 364 g/mol. The van der Waals surface area contributed by atoms with Crippen molar-refractivity contribution in [3.05, 3.63) is 47.0 Å². The van der Waals surface area contributed by atoms with E-state index in [1.165, 1.54) is 0 Å². The summed E-state index contributed by atoms with van der Waals surface area (Å²) in [6.07, 6.45) is 1.58. The maximum Gasteiger partial charge on any atom is 0.238 e. The lowest BCUT2D eigenvalue weighted by atomic mass is 10.1. The molecule has 3 N–H and O–H groups in total. The first-order valence-corrected chi connectivity index (χ1v) is 10.7. The van der Waals surface area contributed by atoms with Crippen molar-refractivity contribution < 1.29 is 17.9 Å². The Morgan fingerprint density at radius 1 is 1.22 bits per heavy atom. The molecular formula is C20H26N2O4S. The van der Waals surface area contributed by atoms with Crippen LogP contribution in [0.4, 0.5) is 5.69 Å². The zero-order chi connectivity index (χ0) is 19.6. The number of hydrogen-bond acceptors (Lipinski definition) is 5. The fourth-order valence-corrected chi connectivity index (χ4v) is 4.25. The second-order valence-electron chi connectivity index (χ2n) is 6.71. The molecule has 7 heteroatoms. The van der Waals surface area contributed by atoms with Crippen LogP contribution in [0.3, 0.4) is 0 Å². The van der Waals surface area contributed by atoms with E-state index in [4.69, 9.17) is 14.6 Å². The van der Waals surface area contributed by atoms with E-state index < -0.39 is 10.0 Å². The van der Waals surface area contributed by atoms with Gasteiger partial charge in [-0.3, -0.25) is 0 Å². The third-order valence-corrected chi connectivity index (χ3v) is 5.58. The van der Waals surface area contributed by atoms with Gasteiger partial charge in [0.25, 0.3) is 0 Å². The van der Waals surface area contributed by atoms with Crippen LogP contribution < -0.4 is 19.9 Å². The molecule has 0 bridgehead atoms. The summed E-state index contributed by atoms with van der Waals surface area (Å²) in [4.78, 5) is 0.160. The molecule has 0 amide bonds. The van der Waals surface area contributed by atoms with Crippen molar-refractivity contribution in [2.45, 2.75) is 51.2 Å². The number of sulfonamides is 1. The van der Waals surface area contributed by atoms with E-state index in [1.807, 2.05) is 39.0 Å². The number of anilines is 1. The van der Waals surface area contributed by atoms with Crippen LogP contribution in [0.15, 0.2) is 35.2 Å². The Kier molecular flexibility index (Phi) is 5.62. The topological polar surface area (TPSA) is 90.6 Å². The van der Waals surface area contributed by atoms with Gasteiger partial charge in [-0.2, -0.15) is 0 Å². The molecule has 2 aromatic carbocycles. The van der Waals surface area contributed by atoms with Crippen molar-refractivity contribution in [2.24, 2.45) is 5.14 Å². The molecule has 0 aliphatic carbocycles. The molecule has 0 spiro atoms. The second kappa shape index (κ2) is 7.78. The largest absolute Gasteiger partial charge is 0.494 e. The van der Waals surface area contributed by atoms with Crippen LogP contribution in [-0.2, 0) is 29.4 Å². The summed E-state index contributed by atoms with van der Waals surface area (Å²) in [5.41, 5.74) is 3.52. The van der Waals surface area contributed by atoms with Crippen molar-refractivity contribution >= 4 is 15.7 Å². The molecule has 0 fully saturated rings. The molecule has 0 saturated carbocycles. The van der Waals surface area contributed by atoms with Gasteiger partial charge in [-0.1, -0.05) is 13.0 Å². The molecule has 27 heavy (non-hydrogen) atoms. The first-order chi connectivity index (χ1) is 12.8. The predicted molar refractivity (Wildman–Crippen MR) is 106 cm³/mol. The van der Waals surface area contributed by atoms with Gasteiger partial charge < -0.3 is 14.8 Å². The highest BCUT2D eigenvalue weighted by Crippen LogP contribution is 2.36. The lowest BCUT2D eigenvalue weighted by Gasteiger charge is -2.15. The lowest BCUT2D eigenvalue weighted by Crippen LogP contribution is -2.15. The van der Waals surface area contributed by atoms with E-state index in [1.54, 1.807) is 12.1 Å². The maximum absolute atomic E-state index is 11.9. The van der Waals surface area contributed by atoms with Crippen molar-refractivity contribution in [2.75, 3.05) is 11.9 Å². The minimum Gasteiger partial charge on any atom is -0.494 e. The number of nitrogens with two attached hydrogens (primary N) is 1. The molecule has 1 aliphatic rings. The van der Waals surface area contributed by atoms with Crippen LogP contribution in [0.2, 0.25) is 0 Å². The van der Waals surface area contributed by atoms with Gasteiger partial charge in [-0.05, 0) is 50.1 Å². The summed E-state index contributed by atoms with van der Waals surface area (Å²) >= 11 is 0. The van der Waals surface area contributed by atoms with Crippen LogP contribution in [-0.4, -0.2) is 21.1 Å². The van der Waals surface area contributed by atoms with Crippen LogP contribution in [0.1, 0.15) is 37.5 Å². The van der Waals surface area contributed by atoms with Crippen molar-refractivity contribution in [1.82, 2.24) is 0 Å². The predicted octanol–water partition coefficient (Wildman–Crippen LogP) is 3.23. The van der Waals surface area contributed by atoms with Crippen LogP contribution in [0, 0.1) is 0 Å². The Labute approximate surface area is 160 Å². The van der Waals surface area contributed by atoms with E-state index >= 15 is 0 Å². The molecule has 1 unspecified atom stereocenters. The fourth-order valence-electron chi connectivity index (χ4n) is 3.38. The highest BCUT2D eigenvalue weighted by atomic mass is 32.2. The summed E-state index contributed by atoms with van der Waals surface area (Å²) in [5, 5.41) is 8.64. The molecule has 0 radical (unpaired) electrons. The van der Waals surface area contributed by atoms with Gasteiger partial charge in [0.1, 0.15) is 17.6 Å². The zero-order valence-corrected chi connectivity index (χ0v) is 16.7. The number of rotatable bonds is 7. The summed E-state index contributed by atoms with van der Waals surface area (Å²) in [6, 6.07) is 9.24. The number of nitrogens with one attached hydrogen (secondary N) is 1. The number of ether oxygens (including phenoxy) is 2. The first-order valence-electron chi connectivity index (χ1n) is 9.16. The van der Waals surface area contributed by atoms with E-state index in [-0.39, 0.29) is 11.0 Å². The van der Waals surface area contributed by atoms with Crippen LogP contribution in [0.25, 0.3) is 0 Å². The molecule has 3 rings (SSSR count). The van der Waals surface area contributed by atoms with Crippen molar-refractivity contribution in [3.63, 3.8) is 0 Å².